The average molecular weight is 340 g/mol. The monoisotopic (exact) mass is 340 g/mol. The van der Waals surface area contributed by atoms with Gasteiger partial charge in [0.05, 0.1) is 12.3 Å². The van der Waals surface area contributed by atoms with E-state index in [0.717, 1.165) is 30.8 Å². The number of carbonyl (C=O) groups is 1. The van der Waals surface area contributed by atoms with Gasteiger partial charge in [-0.2, -0.15) is 0 Å². The molecule has 0 bridgehead atoms. The summed E-state index contributed by atoms with van der Waals surface area (Å²) in [6.45, 7) is 3.22. The molecule has 0 spiro atoms. The second-order valence-corrected chi connectivity index (χ2v) is 6.51. The smallest absolute Gasteiger partial charge is 0.253 e. The molecule has 130 valence electrons. The van der Waals surface area contributed by atoms with Gasteiger partial charge in [0.2, 0.25) is 0 Å². The fraction of sp³-hybridized carbons (Fsp3) is 0.350. The van der Waals surface area contributed by atoms with Gasteiger partial charge in [0.1, 0.15) is 11.6 Å². The molecular weight excluding hydrogens is 319 g/mol. The summed E-state index contributed by atoms with van der Waals surface area (Å²) >= 11 is 0. The van der Waals surface area contributed by atoms with Crippen LogP contribution >= 0.6 is 0 Å². The summed E-state index contributed by atoms with van der Waals surface area (Å²) in [4.78, 5) is 16.6. The van der Waals surface area contributed by atoms with Crippen LogP contribution in [0.2, 0.25) is 0 Å². The van der Waals surface area contributed by atoms with Gasteiger partial charge in [-0.3, -0.25) is 4.79 Å². The molecule has 1 saturated heterocycles. The fourth-order valence-electron chi connectivity index (χ4n) is 3.53. The highest BCUT2D eigenvalue weighted by Crippen LogP contribution is 2.26. The number of anilines is 1. The van der Waals surface area contributed by atoms with E-state index in [2.05, 4.69) is 0 Å². The number of piperazine rings is 1. The Labute approximate surface area is 146 Å². The molecule has 4 nitrogen and oxygen atoms in total. The van der Waals surface area contributed by atoms with E-state index in [9.17, 15) is 9.18 Å². The quantitative estimate of drug-likeness (QED) is 0.842. The molecule has 5 heteroatoms. The Balaban J connectivity index is 1.44. The lowest BCUT2D eigenvalue weighted by Crippen LogP contribution is -2.49. The Morgan fingerprint density at radius 1 is 1.04 bits per heavy atom. The van der Waals surface area contributed by atoms with E-state index in [0.29, 0.717) is 37.4 Å². The average Bonchev–Trinajstić information content (AvgIpc) is 2.67. The van der Waals surface area contributed by atoms with Gasteiger partial charge in [0, 0.05) is 31.7 Å². The lowest BCUT2D eigenvalue weighted by atomic mass is 10.0. The van der Waals surface area contributed by atoms with Crippen LogP contribution in [0, 0.1) is 5.82 Å². The first-order chi connectivity index (χ1) is 12.2. The lowest BCUT2D eigenvalue weighted by molar-refractivity contribution is 0.0746. The fourth-order valence-corrected chi connectivity index (χ4v) is 3.53. The second kappa shape index (κ2) is 6.75. The van der Waals surface area contributed by atoms with E-state index in [-0.39, 0.29) is 11.7 Å². The van der Waals surface area contributed by atoms with Gasteiger partial charge < -0.3 is 14.5 Å². The van der Waals surface area contributed by atoms with Gasteiger partial charge in [0.15, 0.2) is 0 Å². The number of amides is 1. The van der Waals surface area contributed by atoms with E-state index >= 15 is 0 Å². The summed E-state index contributed by atoms with van der Waals surface area (Å²) < 4.78 is 19.5. The van der Waals surface area contributed by atoms with Gasteiger partial charge in [0.25, 0.3) is 5.91 Å². The zero-order valence-electron chi connectivity index (χ0n) is 14.1. The molecule has 2 aromatic rings. The molecule has 2 aliphatic rings. The van der Waals surface area contributed by atoms with E-state index in [4.69, 9.17) is 4.74 Å². The van der Waals surface area contributed by atoms with Crippen LogP contribution < -0.4 is 9.64 Å². The van der Waals surface area contributed by atoms with Crippen molar-refractivity contribution >= 4 is 11.6 Å². The van der Waals surface area contributed by atoms with Crippen molar-refractivity contribution in [3.05, 3.63) is 59.4 Å². The van der Waals surface area contributed by atoms with Crippen molar-refractivity contribution in [2.45, 2.75) is 12.8 Å². The number of para-hydroxylation sites is 1. The van der Waals surface area contributed by atoms with Crippen LogP contribution in [0.4, 0.5) is 10.1 Å². The number of carbonyl (C=O) groups excluding carboxylic acids is 1. The van der Waals surface area contributed by atoms with Crippen LogP contribution in [0.1, 0.15) is 22.3 Å². The summed E-state index contributed by atoms with van der Waals surface area (Å²) in [6, 6.07) is 12.5. The summed E-state index contributed by atoms with van der Waals surface area (Å²) in [7, 11) is 0. The van der Waals surface area contributed by atoms with Crippen molar-refractivity contribution in [2.75, 3.05) is 37.7 Å². The Bertz CT molecular complexity index is 785. The number of aryl methyl sites for hydroxylation is 1. The molecule has 1 amide bonds. The SMILES string of the molecule is O=C(c1ccc2c(c1)CCCO2)N1CCN(c2ccccc2F)CC1. The van der Waals surface area contributed by atoms with Gasteiger partial charge in [-0.25, -0.2) is 4.39 Å². The summed E-state index contributed by atoms with van der Waals surface area (Å²) in [5.41, 5.74) is 2.44. The number of fused-ring (bicyclic) bond motifs is 1. The molecule has 2 aromatic carbocycles. The normalized spacial score (nSPS) is 17.0. The molecule has 0 saturated carbocycles. The van der Waals surface area contributed by atoms with Crippen molar-refractivity contribution in [3.63, 3.8) is 0 Å². The predicted molar refractivity (Wildman–Crippen MR) is 94.8 cm³/mol. The maximum Gasteiger partial charge on any atom is 0.253 e. The molecular formula is C20H21FN2O2. The lowest BCUT2D eigenvalue weighted by Gasteiger charge is -2.36. The highest BCUT2D eigenvalue weighted by Gasteiger charge is 2.24. The third kappa shape index (κ3) is 3.18. The Morgan fingerprint density at radius 2 is 1.84 bits per heavy atom. The Kier molecular flexibility index (Phi) is 4.30. The Hall–Kier alpha value is -2.56. The zero-order valence-corrected chi connectivity index (χ0v) is 14.1. The van der Waals surface area contributed by atoms with Crippen LogP contribution in [0.25, 0.3) is 0 Å². The van der Waals surface area contributed by atoms with E-state index < -0.39 is 0 Å². The minimum absolute atomic E-state index is 0.0431. The molecule has 2 heterocycles. The largest absolute Gasteiger partial charge is 0.493 e. The number of nitrogens with zero attached hydrogens (tertiary/aromatic N) is 2. The predicted octanol–water partition coefficient (Wildman–Crippen LogP) is 3.11. The zero-order chi connectivity index (χ0) is 17.2. The molecule has 0 aliphatic carbocycles. The number of halogens is 1. The van der Waals surface area contributed by atoms with E-state index in [1.165, 1.54) is 6.07 Å². The van der Waals surface area contributed by atoms with E-state index in [1.807, 2.05) is 34.1 Å². The molecule has 0 radical (unpaired) electrons. The molecule has 0 aromatic heterocycles. The van der Waals surface area contributed by atoms with Crippen molar-refractivity contribution < 1.29 is 13.9 Å². The number of benzene rings is 2. The van der Waals surface area contributed by atoms with Crippen molar-refractivity contribution in [1.82, 2.24) is 4.90 Å². The third-order valence-electron chi connectivity index (χ3n) is 4.92. The van der Waals surface area contributed by atoms with E-state index in [1.54, 1.807) is 12.1 Å². The number of ether oxygens (including phenoxy) is 1. The maximum absolute atomic E-state index is 13.9. The molecule has 0 unspecified atom stereocenters. The first kappa shape index (κ1) is 15.9. The standard InChI is InChI=1S/C20H21FN2O2/c21-17-5-1-2-6-18(17)22-9-11-23(12-10-22)20(24)16-7-8-19-15(14-16)4-3-13-25-19/h1-2,5-8,14H,3-4,9-13H2. The highest BCUT2D eigenvalue weighted by atomic mass is 19.1. The van der Waals surface area contributed by atoms with Gasteiger partial charge in [-0.05, 0) is 48.7 Å². The second-order valence-electron chi connectivity index (χ2n) is 6.51. The number of rotatable bonds is 2. The van der Waals surface area contributed by atoms with Crippen molar-refractivity contribution in [2.24, 2.45) is 0 Å². The minimum atomic E-state index is -0.211. The molecule has 0 N–H and O–H groups in total. The number of hydrogen-bond acceptors (Lipinski definition) is 3. The van der Waals surface area contributed by atoms with Gasteiger partial charge in [-0.1, -0.05) is 12.1 Å². The molecule has 4 rings (SSSR count). The topological polar surface area (TPSA) is 32.8 Å². The first-order valence-corrected chi connectivity index (χ1v) is 8.77. The van der Waals surface area contributed by atoms with Crippen LogP contribution in [-0.4, -0.2) is 43.6 Å². The summed E-state index contributed by atoms with van der Waals surface area (Å²) in [5.74, 6) is 0.727. The van der Waals surface area contributed by atoms with Gasteiger partial charge >= 0.3 is 0 Å². The molecule has 25 heavy (non-hydrogen) atoms. The first-order valence-electron chi connectivity index (χ1n) is 8.77. The summed E-state index contributed by atoms with van der Waals surface area (Å²) in [5, 5.41) is 0. The summed E-state index contributed by atoms with van der Waals surface area (Å²) in [6.07, 6.45) is 1.95. The molecule has 0 atom stereocenters. The van der Waals surface area contributed by atoms with Gasteiger partial charge in [-0.15, -0.1) is 0 Å². The van der Waals surface area contributed by atoms with Crippen molar-refractivity contribution in [1.29, 1.82) is 0 Å². The molecule has 2 aliphatic heterocycles. The number of hydrogen-bond donors (Lipinski definition) is 0. The van der Waals surface area contributed by atoms with Crippen LogP contribution in [-0.2, 0) is 6.42 Å². The minimum Gasteiger partial charge on any atom is -0.493 e. The van der Waals surface area contributed by atoms with Crippen LogP contribution in [0.15, 0.2) is 42.5 Å². The highest BCUT2D eigenvalue weighted by molar-refractivity contribution is 5.94. The Morgan fingerprint density at radius 3 is 2.64 bits per heavy atom. The maximum atomic E-state index is 13.9. The van der Waals surface area contributed by atoms with Crippen LogP contribution in [0.3, 0.4) is 0 Å². The van der Waals surface area contributed by atoms with Crippen LogP contribution in [0.5, 0.6) is 5.75 Å². The van der Waals surface area contributed by atoms with Crippen molar-refractivity contribution in [3.8, 4) is 5.75 Å². The third-order valence-corrected chi connectivity index (χ3v) is 4.92. The molecule has 1 fully saturated rings.